The summed E-state index contributed by atoms with van der Waals surface area (Å²) in [5, 5.41) is 12.7. The Labute approximate surface area is 85.0 Å². The van der Waals surface area contributed by atoms with Crippen LogP contribution < -0.4 is 5.32 Å². The van der Waals surface area contributed by atoms with Crippen LogP contribution in [-0.2, 0) is 6.54 Å². The van der Waals surface area contributed by atoms with Crippen molar-refractivity contribution in [2.45, 2.75) is 32.4 Å². The molecule has 1 aromatic heterocycles. The Morgan fingerprint density at radius 1 is 1.43 bits per heavy atom. The number of aliphatic hydroxyl groups is 1. The van der Waals surface area contributed by atoms with Crippen molar-refractivity contribution in [3.8, 4) is 0 Å². The van der Waals surface area contributed by atoms with E-state index in [1.807, 2.05) is 24.6 Å². The topological polar surface area (TPSA) is 50.1 Å². The quantitative estimate of drug-likeness (QED) is 0.658. The Hall–Kier alpha value is -0.870. The zero-order valence-electron chi connectivity index (χ0n) is 8.90. The van der Waals surface area contributed by atoms with Crippen molar-refractivity contribution in [2.75, 3.05) is 13.1 Å². The third-order valence-electron chi connectivity index (χ3n) is 2.02. The highest BCUT2D eigenvalue weighted by Crippen LogP contribution is 2.04. The van der Waals surface area contributed by atoms with Gasteiger partial charge in [0, 0.05) is 25.5 Å². The third-order valence-corrected chi connectivity index (χ3v) is 2.02. The first-order chi connectivity index (χ1) is 6.58. The minimum absolute atomic E-state index is 0.567. The Kier molecular flexibility index (Phi) is 4.10. The fourth-order valence-electron chi connectivity index (χ4n) is 1.15. The molecule has 0 spiro atoms. The van der Waals surface area contributed by atoms with Crippen molar-refractivity contribution >= 4 is 0 Å². The van der Waals surface area contributed by atoms with Gasteiger partial charge in [0.2, 0.25) is 0 Å². The Balaban J connectivity index is 2.00. The zero-order chi connectivity index (χ0) is 10.4. The van der Waals surface area contributed by atoms with Crippen molar-refractivity contribution in [1.29, 1.82) is 0 Å². The van der Waals surface area contributed by atoms with Crippen LogP contribution in [-0.4, -0.2) is 33.3 Å². The molecule has 0 bridgehead atoms. The molecule has 0 aliphatic heterocycles. The first-order valence-electron chi connectivity index (χ1n) is 4.97. The van der Waals surface area contributed by atoms with Crippen LogP contribution in [0.4, 0.5) is 0 Å². The largest absolute Gasteiger partial charge is 0.390 e. The van der Waals surface area contributed by atoms with Gasteiger partial charge in [-0.15, -0.1) is 0 Å². The molecule has 0 radical (unpaired) electrons. The molecule has 0 aliphatic rings. The van der Waals surface area contributed by atoms with Crippen molar-refractivity contribution < 1.29 is 5.11 Å². The van der Waals surface area contributed by atoms with Crippen LogP contribution >= 0.6 is 0 Å². The van der Waals surface area contributed by atoms with E-state index in [1.165, 1.54) is 0 Å². The molecule has 0 atom stereocenters. The van der Waals surface area contributed by atoms with Gasteiger partial charge in [-0.3, -0.25) is 0 Å². The number of rotatable bonds is 6. The predicted molar refractivity (Wildman–Crippen MR) is 56.0 cm³/mol. The van der Waals surface area contributed by atoms with E-state index in [2.05, 4.69) is 10.3 Å². The van der Waals surface area contributed by atoms with Crippen LogP contribution in [0.15, 0.2) is 18.7 Å². The molecular formula is C10H19N3O. The summed E-state index contributed by atoms with van der Waals surface area (Å²) in [5.41, 5.74) is -0.567. The molecule has 4 heteroatoms. The smallest absolute Gasteiger partial charge is 0.0946 e. The minimum atomic E-state index is -0.567. The molecule has 2 N–H and O–H groups in total. The summed E-state index contributed by atoms with van der Waals surface area (Å²) in [5.74, 6) is 0. The van der Waals surface area contributed by atoms with Gasteiger partial charge in [-0.2, -0.15) is 0 Å². The second kappa shape index (κ2) is 5.12. The third kappa shape index (κ3) is 4.99. The number of nitrogens with zero attached hydrogens (tertiary/aromatic N) is 2. The van der Waals surface area contributed by atoms with Crippen molar-refractivity contribution in [3.63, 3.8) is 0 Å². The number of hydrogen-bond donors (Lipinski definition) is 2. The highest BCUT2D eigenvalue weighted by atomic mass is 16.3. The lowest BCUT2D eigenvalue weighted by molar-refractivity contribution is 0.0712. The van der Waals surface area contributed by atoms with Crippen LogP contribution in [0.5, 0.6) is 0 Å². The zero-order valence-corrected chi connectivity index (χ0v) is 8.90. The van der Waals surface area contributed by atoms with E-state index in [0.29, 0.717) is 0 Å². The average Bonchev–Trinajstić information content (AvgIpc) is 2.54. The fraction of sp³-hybridized carbons (Fsp3) is 0.700. The van der Waals surface area contributed by atoms with Gasteiger partial charge < -0.3 is 15.0 Å². The first kappa shape index (κ1) is 11.2. The van der Waals surface area contributed by atoms with Gasteiger partial charge in [-0.1, -0.05) is 0 Å². The monoisotopic (exact) mass is 197 g/mol. The highest BCUT2D eigenvalue weighted by molar-refractivity contribution is 4.74. The molecule has 0 fully saturated rings. The molecule has 0 aliphatic carbocycles. The number of nitrogens with one attached hydrogen (secondary N) is 1. The average molecular weight is 197 g/mol. The van der Waals surface area contributed by atoms with Gasteiger partial charge in [0.1, 0.15) is 0 Å². The number of aromatic nitrogens is 2. The highest BCUT2D eigenvalue weighted by Gasteiger charge is 2.10. The molecule has 0 saturated carbocycles. The Morgan fingerprint density at radius 3 is 2.79 bits per heavy atom. The standard InChI is InChI=1S/C10H19N3O/c1-10(2,14)3-4-11-5-7-13-8-6-12-9-13/h6,8-9,11,14H,3-5,7H2,1-2H3. The Bertz CT molecular complexity index is 238. The van der Waals surface area contributed by atoms with Crippen LogP contribution in [0.25, 0.3) is 0 Å². The lowest BCUT2D eigenvalue weighted by Gasteiger charge is -2.16. The summed E-state index contributed by atoms with van der Waals surface area (Å²) < 4.78 is 2.02. The van der Waals surface area contributed by atoms with E-state index in [9.17, 15) is 5.11 Å². The molecule has 4 nitrogen and oxygen atoms in total. The van der Waals surface area contributed by atoms with Crippen molar-refractivity contribution in [1.82, 2.24) is 14.9 Å². The normalized spacial score (nSPS) is 11.9. The van der Waals surface area contributed by atoms with Crippen LogP contribution in [0.3, 0.4) is 0 Å². The van der Waals surface area contributed by atoms with E-state index in [0.717, 1.165) is 26.1 Å². The van der Waals surface area contributed by atoms with Crippen LogP contribution in [0.2, 0.25) is 0 Å². The Morgan fingerprint density at radius 2 is 2.21 bits per heavy atom. The molecule has 80 valence electrons. The second-order valence-electron chi connectivity index (χ2n) is 4.11. The summed E-state index contributed by atoms with van der Waals surface area (Å²) in [4.78, 5) is 3.96. The summed E-state index contributed by atoms with van der Waals surface area (Å²) in [7, 11) is 0. The summed E-state index contributed by atoms with van der Waals surface area (Å²) in [6.07, 6.45) is 6.29. The molecule has 0 amide bonds. The number of imidazole rings is 1. The summed E-state index contributed by atoms with van der Waals surface area (Å²) in [6, 6.07) is 0. The first-order valence-corrected chi connectivity index (χ1v) is 4.97. The molecule has 0 saturated heterocycles. The van der Waals surface area contributed by atoms with E-state index in [4.69, 9.17) is 0 Å². The second-order valence-corrected chi connectivity index (χ2v) is 4.11. The van der Waals surface area contributed by atoms with Crippen LogP contribution in [0.1, 0.15) is 20.3 Å². The molecule has 14 heavy (non-hydrogen) atoms. The van der Waals surface area contributed by atoms with E-state index < -0.39 is 5.60 Å². The molecule has 0 unspecified atom stereocenters. The van der Waals surface area contributed by atoms with E-state index in [-0.39, 0.29) is 0 Å². The summed E-state index contributed by atoms with van der Waals surface area (Å²) in [6.45, 7) is 6.32. The van der Waals surface area contributed by atoms with Crippen LogP contribution in [0, 0.1) is 0 Å². The minimum Gasteiger partial charge on any atom is -0.390 e. The lowest BCUT2D eigenvalue weighted by atomic mass is 10.1. The summed E-state index contributed by atoms with van der Waals surface area (Å²) >= 11 is 0. The van der Waals surface area contributed by atoms with Gasteiger partial charge in [-0.05, 0) is 26.8 Å². The lowest BCUT2D eigenvalue weighted by Crippen LogP contribution is -2.28. The maximum atomic E-state index is 9.45. The molecule has 1 aromatic rings. The van der Waals surface area contributed by atoms with Gasteiger partial charge in [0.05, 0.1) is 11.9 Å². The van der Waals surface area contributed by atoms with E-state index in [1.54, 1.807) is 12.5 Å². The van der Waals surface area contributed by atoms with Crippen molar-refractivity contribution in [2.24, 2.45) is 0 Å². The molecule has 1 rings (SSSR count). The molecular weight excluding hydrogens is 178 g/mol. The molecule has 1 heterocycles. The van der Waals surface area contributed by atoms with Gasteiger partial charge in [0.15, 0.2) is 0 Å². The maximum absolute atomic E-state index is 9.45. The fourth-order valence-corrected chi connectivity index (χ4v) is 1.15. The van der Waals surface area contributed by atoms with E-state index >= 15 is 0 Å². The van der Waals surface area contributed by atoms with Gasteiger partial charge in [0.25, 0.3) is 0 Å². The van der Waals surface area contributed by atoms with Crippen molar-refractivity contribution in [3.05, 3.63) is 18.7 Å². The SMILES string of the molecule is CC(C)(O)CCNCCn1ccnc1. The van der Waals surface area contributed by atoms with Gasteiger partial charge in [-0.25, -0.2) is 4.98 Å². The number of hydrogen-bond acceptors (Lipinski definition) is 3. The maximum Gasteiger partial charge on any atom is 0.0946 e. The predicted octanol–water partition coefficient (Wildman–Crippen LogP) is 0.634. The van der Waals surface area contributed by atoms with Gasteiger partial charge >= 0.3 is 0 Å². The molecule has 0 aromatic carbocycles.